The molecule has 0 saturated heterocycles. The molecule has 1 saturated carbocycles. The Hall–Kier alpha value is -1.35. The van der Waals surface area contributed by atoms with Crippen LogP contribution in [0.4, 0.5) is 0 Å². The Morgan fingerprint density at radius 3 is 2.65 bits per heavy atom. The van der Waals surface area contributed by atoms with E-state index < -0.39 is 6.04 Å². The van der Waals surface area contributed by atoms with Crippen molar-refractivity contribution in [1.29, 1.82) is 0 Å². The van der Waals surface area contributed by atoms with Crippen molar-refractivity contribution < 1.29 is 4.79 Å². The molecule has 4 unspecified atom stereocenters. The van der Waals surface area contributed by atoms with Gasteiger partial charge in [0.2, 0.25) is 5.91 Å². The van der Waals surface area contributed by atoms with Crippen molar-refractivity contribution in [3.8, 4) is 0 Å². The Balaban J connectivity index is 1.86. The number of nitrogens with two attached hydrogens (primary N) is 1. The van der Waals surface area contributed by atoms with Crippen LogP contribution in [0, 0.1) is 11.8 Å². The van der Waals surface area contributed by atoms with Crippen molar-refractivity contribution in [3.63, 3.8) is 0 Å². The number of hydrogen-bond donors (Lipinski definition) is 2. The molecule has 20 heavy (non-hydrogen) atoms. The zero-order valence-corrected chi connectivity index (χ0v) is 12.5. The Morgan fingerprint density at radius 2 is 2.05 bits per heavy atom. The molecule has 3 heteroatoms. The van der Waals surface area contributed by atoms with E-state index in [1.807, 2.05) is 30.3 Å². The normalized spacial score (nSPS) is 27.2. The topological polar surface area (TPSA) is 55.1 Å². The maximum atomic E-state index is 12.2. The summed E-state index contributed by atoms with van der Waals surface area (Å²) in [5.41, 5.74) is 7.14. The van der Waals surface area contributed by atoms with E-state index in [-0.39, 0.29) is 5.91 Å². The van der Waals surface area contributed by atoms with Crippen LogP contribution in [0.15, 0.2) is 30.3 Å². The highest BCUT2D eigenvalue weighted by molar-refractivity contribution is 5.82. The summed E-state index contributed by atoms with van der Waals surface area (Å²) in [5.74, 6) is 1.29. The van der Waals surface area contributed by atoms with Gasteiger partial charge in [-0.05, 0) is 36.7 Å². The van der Waals surface area contributed by atoms with Gasteiger partial charge < -0.3 is 11.1 Å². The molecule has 1 fully saturated rings. The van der Waals surface area contributed by atoms with Gasteiger partial charge in [-0.25, -0.2) is 0 Å². The molecule has 3 N–H and O–H groups in total. The number of rotatable bonds is 5. The predicted molar refractivity (Wildman–Crippen MR) is 82.2 cm³/mol. The second-order valence-electron chi connectivity index (χ2n) is 6.02. The quantitative estimate of drug-likeness (QED) is 0.866. The maximum absolute atomic E-state index is 12.2. The van der Waals surface area contributed by atoms with Crippen molar-refractivity contribution in [2.24, 2.45) is 17.6 Å². The van der Waals surface area contributed by atoms with E-state index in [2.05, 4.69) is 19.2 Å². The lowest BCUT2D eigenvalue weighted by Gasteiger charge is -2.22. The number of hydrogen-bond acceptors (Lipinski definition) is 2. The van der Waals surface area contributed by atoms with Crippen LogP contribution in [0.1, 0.15) is 38.7 Å². The summed E-state index contributed by atoms with van der Waals surface area (Å²) in [6.07, 6.45) is 4.11. The summed E-state index contributed by atoms with van der Waals surface area (Å²) in [7, 11) is 0. The zero-order chi connectivity index (χ0) is 14.5. The van der Waals surface area contributed by atoms with Gasteiger partial charge in [0.05, 0.1) is 6.04 Å². The molecule has 1 aromatic rings. The molecule has 0 heterocycles. The van der Waals surface area contributed by atoms with E-state index in [0.29, 0.717) is 18.4 Å². The second kappa shape index (κ2) is 6.89. The van der Waals surface area contributed by atoms with Gasteiger partial charge in [-0.2, -0.15) is 0 Å². The molecule has 1 aliphatic carbocycles. The summed E-state index contributed by atoms with van der Waals surface area (Å²) < 4.78 is 0. The number of nitrogens with one attached hydrogen (secondary N) is 1. The third kappa shape index (κ3) is 3.60. The Kier molecular flexibility index (Phi) is 5.18. The van der Waals surface area contributed by atoms with E-state index in [0.717, 1.165) is 17.9 Å². The molecule has 1 aliphatic rings. The van der Waals surface area contributed by atoms with Crippen molar-refractivity contribution in [1.82, 2.24) is 5.32 Å². The minimum atomic E-state index is -0.453. The van der Waals surface area contributed by atoms with Gasteiger partial charge in [0, 0.05) is 6.04 Å². The summed E-state index contributed by atoms with van der Waals surface area (Å²) in [6.45, 7) is 4.47. The lowest BCUT2D eigenvalue weighted by Crippen LogP contribution is -2.47. The first-order valence-electron chi connectivity index (χ1n) is 7.71. The number of carbonyl (C=O) groups is 1. The van der Waals surface area contributed by atoms with Gasteiger partial charge in [0.15, 0.2) is 0 Å². The third-order valence-corrected chi connectivity index (χ3v) is 4.71. The Morgan fingerprint density at radius 1 is 1.35 bits per heavy atom. The fraction of sp³-hybridized carbons (Fsp3) is 0.588. The van der Waals surface area contributed by atoms with Crippen LogP contribution in [0.5, 0.6) is 0 Å². The van der Waals surface area contributed by atoms with Crippen LogP contribution in [-0.4, -0.2) is 18.0 Å². The molecular formula is C17H26N2O. The van der Waals surface area contributed by atoms with Crippen LogP contribution in [0.3, 0.4) is 0 Å². The number of amides is 1. The van der Waals surface area contributed by atoms with Gasteiger partial charge >= 0.3 is 0 Å². The Bertz CT molecular complexity index is 432. The van der Waals surface area contributed by atoms with Crippen molar-refractivity contribution in [3.05, 3.63) is 35.9 Å². The highest BCUT2D eigenvalue weighted by Crippen LogP contribution is 2.33. The molecule has 110 valence electrons. The van der Waals surface area contributed by atoms with Gasteiger partial charge in [-0.1, -0.05) is 50.6 Å². The smallest absolute Gasteiger partial charge is 0.237 e. The number of carbonyl (C=O) groups excluding carboxylic acids is 1. The average Bonchev–Trinajstić information content (AvgIpc) is 2.80. The summed E-state index contributed by atoms with van der Waals surface area (Å²) in [5, 5.41) is 3.15. The highest BCUT2D eigenvalue weighted by atomic mass is 16.2. The first-order valence-corrected chi connectivity index (χ1v) is 7.71. The third-order valence-electron chi connectivity index (χ3n) is 4.71. The molecule has 0 aromatic heterocycles. The van der Waals surface area contributed by atoms with Gasteiger partial charge in [0.1, 0.15) is 0 Å². The minimum Gasteiger partial charge on any atom is -0.352 e. The van der Waals surface area contributed by atoms with Crippen LogP contribution in [0.2, 0.25) is 0 Å². The molecule has 4 atom stereocenters. The SMILES string of the molecule is CCC1CCC(NC(=O)C(N)Cc2ccccc2)C1C. The molecule has 3 nitrogen and oxygen atoms in total. The van der Waals surface area contributed by atoms with Gasteiger partial charge in [-0.3, -0.25) is 4.79 Å². The van der Waals surface area contributed by atoms with E-state index in [4.69, 9.17) is 5.73 Å². The lowest BCUT2D eigenvalue weighted by atomic mass is 9.93. The van der Waals surface area contributed by atoms with E-state index in [1.54, 1.807) is 0 Å². The first kappa shape index (κ1) is 15.0. The summed E-state index contributed by atoms with van der Waals surface area (Å²) >= 11 is 0. The maximum Gasteiger partial charge on any atom is 0.237 e. The standard InChI is InChI=1S/C17H26N2O/c1-3-14-9-10-16(12(14)2)19-17(20)15(18)11-13-7-5-4-6-8-13/h4-8,12,14-16H,3,9-11,18H2,1-2H3,(H,19,20). The van der Waals surface area contributed by atoms with E-state index in [9.17, 15) is 4.79 Å². The molecular weight excluding hydrogens is 248 g/mol. The highest BCUT2D eigenvalue weighted by Gasteiger charge is 2.33. The molecule has 0 spiro atoms. The Labute approximate surface area is 121 Å². The van der Waals surface area contributed by atoms with Crippen molar-refractivity contribution in [2.45, 2.75) is 51.6 Å². The van der Waals surface area contributed by atoms with Crippen LogP contribution < -0.4 is 11.1 Å². The summed E-state index contributed by atoms with van der Waals surface area (Å²) in [4.78, 5) is 12.2. The molecule has 1 aromatic carbocycles. The molecule has 2 rings (SSSR count). The molecule has 0 radical (unpaired) electrons. The first-order chi connectivity index (χ1) is 9.61. The van der Waals surface area contributed by atoms with E-state index >= 15 is 0 Å². The number of benzene rings is 1. The monoisotopic (exact) mass is 274 g/mol. The van der Waals surface area contributed by atoms with Gasteiger partial charge in [-0.15, -0.1) is 0 Å². The molecule has 1 amide bonds. The minimum absolute atomic E-state index is 0.0116. The fourth-order valence-electron chi connectivity index (χ4n) is 3.28. The lowest BCUT2D eigenvalue weighted by molar-refractivity contribution is -0.123. The van der Waals surface area contributed by atoms with E-state index in [1.165, 1.54) is 12.8 Å². The fourth-order valence-corrected chi connectivity index (χ4v) is 3.28. The van der Waals surface area contributed by atoms with Crippen molar-refractivity contribution in [2.75, 3.05) is 0 Å². The van der Waals surface area contributed by atoms with Crippen LogP contribution in [-0.2, 0) is 11.2 Å². The predicted octanol–water partition coefficient (Wildman–Crippen LogP) is 2.50. The summed E-state index contributed by atoms with van der Waals surface area (Å²) in [6, 6.07) is 9.80. The van der Waals surface area contributed by atoms with Crippen LogP contribution >= 0.6 is 0 Å². The van der Waals surface area contributed by atoms with Gasteiger partial charge in [0.25, 0.3) is 0 Å². The van der Waals surface area contributed by atoms with Crippen molar-refractivity contribution >= 4 is 5.91 Å². The van der Waals surface area contributed by atoms with Crippen LogP contribution in [0.25, 0.3) is 0 Å². The molecule has 0 bridgehead atoms. The second-order valence-corrected chi connectivity index (χ2v) is 6.02. The largest absolute Gasteiger partial charge is 0.352 e. The molecule has 0 aliphatic heterocycles. The average molecular weight is 274 g/mol. The zero-order valence-electron chi connectivity index (χ0n) is 12.5.